The summed E-state index contributed by atoms with van der Waals surface area (Å²) in [6, 6.07) is 6.17. The second kappa shape index (κ2) is 6.66. The summed E-state index contributed by atoms with van der Waals surface area (Å²) in [4.78, 5) is 13.6. The van der Waals surface area contributed by atoms with Crippen molar-refractivity contribution in [1.29, 1.82) is 0 Å². The van der Waals surface area contributed by atoms with Crippen LogP contribution in [0.1, 0.15) is 55.6 Å². The summed E-state index contributed by atoms with van der Waals surface area (Å²) in [6.45, 7) is 2.98. The van der Waals surface area contributed by atoms with Crippen molar-refractivity contribution in [3.8, 4) is 0 Å². The van der Waals surface area contributed by atoms with Crippen LogP contribution >= 0.6 is 0 Å². The molecule has 0 spiro atoms. The van der Waals surface area contributed by atoms with Gasteiger partial charge in [0.15, 0.2) is 0 Å². The highest BCUT2D eigenvalue weighted by Crippen LogP contribution is 2.33. The van der Waals surface area contributed by atoms with Crippen molar-refractivity contribution in [2.24, 2.45) is 0 Å². The average molecular weight is 282 g/mol. The number of rotatable bonds is 5. The maximum absolute atomic E-state index is 4.81. The molecule has 0 saturated heterocycles. The quantitative estimate of drug-likeness (QED) is 0.911. The molecule has 1 fully saturated rings. The van der Waals surface area contributed by atoms with Gasteiger partial charge in [0.05, 0.1) is 0 Å². The molecule has 1 N–H and O–H groups in total. The monoisotopic (exact) mass is 282 g/mol. The van der Waals surface area contributed by atoms with E-state index in [0.29, 0.717) is 5.92 Å². The Kier molecular flexibility index (Phi) is 4.43. The van der Waals surface area contributed by atoms with Crippen LogP contribution in [0.15, 0.2) is 30.6 Å². The largest absolute Gasteiger partial charge is 0.370 e. The molecular weight excluding hydrogens is 260 g/mol. The van der Waals surface area contributed by atoms with E-state index < -0.39 is 0 Å². The Morgan fingerprint density at radius 1 is 1.24 bits per heavy atom. The predicted octanol–water partition coefficient (Wildman–Crippen LogP) is 3.55. The molecule has 4 nitrogen and oxygen atoms in total. The number of pyridine rings is 1. The predicted molar refractivity (Wildman–Crippen MR) is 84.4 cm³/mol. The zero-order valence-electron chi connectivity index (χ0n) is 12.5. The molecule has 21 heavy (non-hydrogen) atoms. The molecule has 110 valence electrons. The number of aromatic nitrogens is 3. The minimum atomic E-state index is 0.609. The van der Waals surface area contributed by atoms with E-state index in [2.05, 4.69) is 34.3 Å². The van der Waals surface area contributed by atoms with Crippen LogP contribution < -0.4 is 5.32 Å². The lowest BCUT2D eigenvalue weighted by molar-refractivity contribution is 0.686. The summed E-state index contributed by atoms with van der Waals surface area (Å²) in [7, 11) is 0. The van der Waals surface area contributed by atoms with E-state index in [1.807, 2.05) is 12.3 Å². The van der Waals surface area contributed by atoms with E-state index >= 15 is 0 Å². The number of nitrogens with one attached hydrogen (secondary N) is 1. The summed E-state index contributed by atoms with van der Waals surface area (Å²) in [5.41, 5.74) is 2.36. The molecule has 4 heteroatoms. The van der Waals surface area contributed by atoms with E-state index in [1.165, 1.54) is 31.4 Å². The van der Waals surface area contributed by atoms with Crippen molar-refractivity contribution in [3.63, 3.8) is 0 Å². The smallest absolute Gasteiger partial charge is 0.135 e. The summed E-state index contributed by atoms with van der Waals surface area (Å²) in [5, 5.41) is 3.33. The van der Waals surface area contributed by atoms with Crippen LogP contribution in [-0.4, -0.2) is 21.5 Å². The van der Waals surface area contributed by atoms with Crippen molar-refractivity contribution in [2.75, 3.05) is 11.9 Å². The molecule has 0 atom stereocenters. The number of anilines is 1. The normalized spacial score (nSPS) is 15.3. The van der Waals surface area contributed by atoms with Crippen LogP contribution in [0.3, 0.4) is 0 Å². The van der Waals surface area contributed by atoms with Crippen LogP contribution in [0.2, 0.25) is 0 Å². The van der Waals surface area contributed by atoms with Crippen molar-refractivity contribution >= 4 is 5.82 Å². The van der Waals surface area contributed by atoms with Gasteiger partial charge in [0.1, 0.15) is 11.6 Å². The minimum Gasteiger partial charge on any atom is -0.370 e. The van der Waals surface area contributed by atoms with Crippen molar-refractivity contribution < 1.29 is 0 Å². The van der Waals surface area contributed by atoms with Crippen LogP contribution in [0.5, 0.6) is 0 Å². The van der Waals surface area contributed by atoms with Gasteiger partial charge in [0, 0.05) is 43.0 Å². The fourth-order valence-corrected chi connectivity index (χ4v) is 2.98. The first-order valence-electron chi connectivity index (χ1n) is 7.86. The second-order valence-corrected chi connectivity index (χ2v) is 5.64. The molecule has 1 saturated carbocycles. The fourth-order valence-electron chi connectivity index (χ4n) is 2.98. The van der Waals surface area contributed by atoms with Gasteiger partial charge in [-0.3, -0.25) is 4.98 Å². The lowest BCUT2D eigenvalue weighted by Gasteiger charge is -2.13. The molecule has 3 rings (SSSR count). The van der Waals surface area contributed by atoms with Crippen LogP contribution in [0, 0.1) is 0 Å². The highest BCUT2D eigenvalue weighted by molar-refractivity contribution is 5.38. The molecule has 1 aliphatic rings. The van der Waals surface area contributed by atoms with Crippen LogP contribution in [0.4, 0.5) is 5.82 Å². The Morgan fingerprint density at radius 2 is 2.10 bits per heavy atom. The van der Waals surface area contributed by atoms with E-state index in [0.717, 1.165) is 30.2 Å². The SMILES string of the molecule is CCNc1cc(C2CCCC2)nc(Cc2cccnc2)n1. The van der Waals surface area contributed by atoms with Gasteiger partial charge in [-0.05, 0) is 31.4 Å². The van der Waals surface area contributed by atoms with Gasteiger partial charge in [-0.15, -0.1) is 0 Å². The molecule has 0 aliphatic heterocycles. The second-order valence-electron chi connectivity index (χ2n) is 5.64. The first-order valence-corrected chi connectivity index (χ1v) is 7.86. The number of nitrogens with zero attached hydrogens (tertiary/aromatic N) is 3. The summed E-state index contributed by atoms with van der Waals surface area (Å²) in [6.07, 6.45) is 9.59. The Labute approximate surface area is 126 Å². The third-order valence-electron chi connectivity index (χ3n) is 4.01. The first-order chi connectivity index (χ1) is 10.3. The molecule has 0 aromatic carbocycles. The van der Waals surface area contributed by atoms with Gasteiger partial charge >= 0.3 is 0 Å². The standard InChI is InChI=1S/C17H22N4/c1-2-19-16-11-15(14-7-3-4-8-14)20-17(21-16)10-13-6-5-9-18-12-13/h5-6,9,11-12,14H,2-4,7-8,10H2,1H3,(H,19,20,21). The number of hydrogen-bond donors (Lipinski definition) is 1. The van der Waals surface area contributed by atoms with Crippen molar-refractivity contribution in [3.05, 3.63) is 47.7 Å². The van der Waals surface area contributed by atoms with Crippen LogP contribution in [-0.2, 0) is 6.42 Å². The Hall–Kier alpha value is -1.97. The molecular formula is C17H22N4. The zero-order valence-corrected chi connectivity index (χ0v) is 12.5. The Balaban J connectivity index is 1.87. The molecule has 2 heterocycles. The summed E-state index contributed by atoms with van der Waals surface area (Å²) >= 11 is 0. The molecule has 1 aliphatic carbocycles. The zero-order chi connectivity index (χ0) is 14.5. The van der Waals surface area contributed by atoms with Gasteiger partial charge in [-0.25, -0.2) is 9.97 Å². The molecule has 0 amide bonds. The molecule has 0 unspecified atom stereocenters. The van der Waals surface area contributed by atoms with Gasteiger partial charge in [-0.1, -0.05) is 18.9 Å². The summed E-state index contributed by atoms with van der Waals surface area (Å²) < 4.78 is 0. The van der Waals surface area contributed by atoms with Gasteiger partial charge in [-0.2, -0.15) is 0 Å². The van der Waals surface area contributed by atoms with E-state index in [4.69, 9.17) is 4.98 Å². The lowest BCUT2D eigenvalue weighted by Crippen LogP contribution is -2.08. The van der Waals surface area contributed by atoms with E-state index in [-0.39, 0.29) is 0 Å². The maximum Gasteiger partial charge on any atom is 0.135 e. The van der Waals surface area contributed by atoms with Crippen LogP contribution in [0.25, 0.3) is 0 Å². The highest BCUT2D eigenvalue weighted by atomic mass is 15.0. The highest BCUT2D eigenvalue weighted by Gasteiger charge is 2.20. The van der Waals surface area contributed by atoms with E-state index in [9.17, 15) is 0 Å². The maximum atomic E-state index is 4.81. The van der Waals surface area contributed by atoms with Gasteiger partial charge in [0.25, 0.3) is 0 Å². The van der Waals surface area contributed by atoms with E-state index in [1.54, 1.807) is 6.20 Å². The van der Waals surface area contributed by atoms with Crippen molar-refractivity contribution in [2.45, 2.75) is 44.9 Å². The third-order valence-corrected chi connectivity index (χ3v) is 4.01. The summed E-state index contributed by atoms with van der Waals surface area (Å²) in [5.74, 6) is 2.45. The molecule has 2 aromatic heterocycles. The third kappa shape index (κ3) is 3.57. The number of hydrogen-bond acceptors (Lipinski definition) is 4. The van der Waals surface area contributed by atoms with Crippen molar-refractivity contribution in [1.82, 2.24) is 15.0 Å². The van der Waals surface area contributed by atoms with Gasteiger partial charge < -0.3 is 5.32 Å². The topological polar surface area (TPSA) is 50.7 Å². The Morgan fingerprint density at radius 3 is 2.81 bits per heavy atom. The molecule has 2 aromatic rings. The Bertz CT molecular complexity index is 577. The molecule has 0 radical (unpaired) electrons. The first kappa shape index (κ1) is 14.0. The fraction of sp³-hybridized carbons (Fsp3) is 0.471. The molecule has 0 bridgehead atoms. The lowest BCUT2D eigenvalue weighted by atomic mass is 10.0. The average Bonchev–Trinajstić information content (AvgIpc) is 3.03. The van der Waals surface area contributed by atoms with Gasteiger partial charge in [0.2, 0.25) is 0 Å². The minimum absolute atomic E-state index is 0.609.